The number of nitrogens with zero attached hydrogens (tertiary/aromatic N) is 3. The molecular formula is C21H29N3O5. The van der Waals surface area contributed by atoms with Gasteiger partial charge in [-0.3, -0.25) is 19.4 Å². The molecule has 1 aromatic rings. The van der Waals surface area contributed by atoms with Gasteiger partial charge in [0.1, 0.15) is 11.4 Å². The van der Waals surface area contributed by atoms with Crippen molar-refractivity contribution in [2.45, 2.75) is 6.42 Å². The van der Waals surface area contributed by atoms with E-state index in [1.165, 1.54) is 4.90 Å². The fraction of sp³-hybridized carbons (Fsp3) is 0.524. The van der Waals surface area contributed by atoms with Crippen molar-refractivity contribution < 1.29 is 24.2 Å². The highest BCUT2D eigenvalue weighted by atomic mass is 16.5. The number of benzene rings is 1. The van der Waals surface area contributed by atoms with Gasteiger partial charge in [-0.1, -0.05) is 12.1 Å². The number of aliphatic hydroxyl groups excluding tert-OH is 1. The molecule has 0 radical (unpaired) electrons. The van der Waals surface area contributed by atoms with E-state index in [-0.39, 0.29) is 18.4 Å². The van der Waals surface area contributed by atoms with Gasteiger partial charge in [0, 0.05) is 53.0 Å². The maximum Gasteiger partial charge on any atom is 0.277 e. The average molecular weight is 403 g/mol. The van der Waals surface area contributed by atoms with E-state index in [1.54, 1.807) is 26.4 Å². The van der Waals surface area contributed by atoms with Crippen LogP contribution in [0.1, 0.15) is 12.0 Å². The van der Waals surface area contributed by atoms with Crippen LogP contribution in [-0.2, 0) is 14.3 Å². The summed E-state index contributed by atoms with van der Waals surface area (Å²) in [6.45, 7) is 4.32. The van der Waals surface area contributed by atoms with Gasteiger partial charge in [-0.15, -0.1) is 0 Å². The van der Waals surface area contributed by atoms with Gasteiger partial charge in [-0.05, 0) is 24.1 Å². The first-order valence-corrected chi connectivity index (χ1v) is 9.92. The van der Waals surface area contributed by atoms with E-state index in [2.05, 4.69) is 4.90 Å². The standard InChI is InChI=1S/C21H29N3O5/c1-28-15-3-8-24-20(26)18(16-4-6-17(29-2)7-5-16)19(21(24)27)23-11-9-22(10-12-23)13-14-25/h4-7,25H,3,8-15H2,1-2H3. The number of amides is 2. The number of hydrogen-bond donors (Lipinski definition) is 1. The highest BCUT2D eigenvalue weighted by molar-refractivity contribution is 6.35. The van der Waals surface area contributed by atoms with Gasteiger partial charge in [0.15, 0.2) is 0 Å². The minimum Gasteiger partial charge on any atom is -0.497 e. The highest BCUT2D eigenvalue weighted by Crippen LogP contribution is 2.33. The number of carbonyl (C=O) groups is 2. The van der Waals surface area contributed by atoms with E-state index in [4.69, 9.17) is 14.6 Å². The molecule has 0 bridgehead atoms. The van der Waals surface area contributed by atoms with Crippen molar-refractivity contribution in [1.82, 2.24) is 14.7 Å². The van der Waals surface area contributed by atoms with E-state index in [0.29, 0.717) is 61.8 Å². The lowest BCUT2D eigenvalue weighted by atomic mass is 10.0. The number of aliphatic hydroxyl groups is 1. The van der Waals surface area contributed by atoms with Gasteiger partial charge < -0.3 is 19.5 Å². The summed E-state index contributed by atoms with van der Waals surface area (Å²) in [5, 5.41) is 9.15. The van der Waals surface area contributed by atoms with Crippen molar-refractivity contribution >= 4 is 17.4 Å². The normalized spacial score (nSPS) is 18.2. The van der Waals surface area contributed by atoms with Crippen LogP contribution in [0.15, 0.2) is 30.0 Å². The van der Waals surface area contributed by atoms with Crippen molar-refractivity contribution in [2.75, 3.05) is 66.7 Å². The molecule has 1 fully saturated rings. The largest absolute Gasteiger partial charge is 0.497 e. The number of hydrogen-bond acceptors (Lipinski definition) is 7. The summed E-state index contributed by atoms with van der Waals surface area (Å²) in [6, 6.07) is 7.23. The third-order valence-electron chi connectivity index (χ3n) is 5.36. The molecule has 1 saturated heterocycles. The van der Waals surface area contributed by atoms with E-state index in [1.807, 2.05) is 17.0 Å². The number of rotatable bonds is 9. The predicted molar refractivity (Wildman–Crippen MR) is 108 cm³/mol. The molecule has 3 rings (SSSR count). The number of imide groups is 1. The lowest BCUT2D eigenvalue weighted by molar-refractivity contribution is -0.137. The summed E-state index contributed by atoms with van der Waals surface area (Å²) in [4.78, 5) is 31.9. The Morgan fingerprint density at radius 3 is 2.24 bits per heavy atom. The molecule has 8 heteroatoms. The smallest absolute Gasteiger partial charge is 0.277 e. The van der Waals surface area contributed by atoms with Crippen LogP contribution >= 0.6 is 0 Å². The zero-order chi connectivity index (χ0) is 20.8. The molecule has 158 valence electrons. The number of piperazine rings is 1. The molecule has 2 aliphatic rings. The average Bonchev–Trinajstić information content (AvgIpc) is 2.99. The first kappa shape index (κ1) is 21.3. The van der Waals surface area contributed by atoms with Crippen LogP contribution < -0.4 is 4.74 Å². The molecule has 0 unspecified atom stereocenters. The Kier molecular flexibility index (Phi) is 7.24. The Morgan fingerprint density at radius 1 is 0.966 bits per heavy atom. The van der Waals surface area contributed by atoms with Crippen molar-refractivity contribution in [3.05, 3.63) is 35.5 Å². The molecule has 2 amide bonds. The molecule has 1 N–H and O–H groups in total. The van der Waals surface area contributed by atoms with Gasteiger partial charge >= 0.3 is 0 Å². The van der Waals surface area contributed by atoms with E-state index in [9.17, 15) is 9.59 Å². The van der Waals surface area contributed by atoms with Crippen LogP contribution in [0.3, 0.4) is 0 Å². The van der Waals surface area contributed by atoms with Crippen molar-refractivity contribution in [1.29, 1.82) is 0 Å². The van der Waals surface area contributed by atoms with Gasteiger partial charge in [-0.2, -0.15) is 0 Å². The lowest BCUT2D eigenvalue weighted by Crippen LogP contribution is -2.48. The zero-order valence-corrected chi connectivity index (χ0v) is 17.1. The molecule has 0 aliphatic carbocycles. The summed E-state index contributed by atoms with van der Waals surface area (Å²) >= 11 is 0. The first-order chi connectivity index (χ1) is 14.1. The number of carbonyl (C=O) groups excluding carboxylic acids is 2. The summed E-state index contributed by atoms with van der Waals surface area (Å²) in [5.74, 6) is 0.193. The third kappa shape index (κ3) is 4.60. The van der Waals surface area contributed by atoms with Gasteiger partial charge in [0.2, 0.25) is 0 Å². The highest BCUT2D eigenvalue weighted by Gasteiger charge is 2.41. The number of ether oxygens (including phenoxy) is 2. The van der Waals surface area contributed by atoms with Crippen LogP contribution in [0.5, 0.6) is 5.75 Å². The number of β-amino-alcohol motifs (C(OH)–C–C–N with tert-alkyl or cyclic N) is 1. The Hall–Kier alpha value is -2.42. The SMILES string of the molecule is COCCCN1C(=O)C(c2ccc(OC)cc2)=C(N2CCN(CCO)CC2)C1=O. The molecule has 8 nitrogen and oxygen atoms in total. The predicted octanol–water partition coefficient (Wildman–Crippen LogP) is 0.422. The molecular weight excluding hydrogens is 374 g/mol. The maximum atomic E-state index is 13.2. The Bertz CT molecular complexity index is 754. The Labute approximate surface area is 171 Å². The fourth-order valence-corrected chi connectivity index (χ4v) is 3.78. The van der Waals surface area contributed by atoms with Crippen LogP contribution in [0.2, 0.25) is 0 Å². The molecule has 1 aromatic carbocycles. The first-order valence-electron chi connectivity index (χ1n) is 9.92. The molecule has 0 atom stereocenters. The summed E-state index contributed by atoms with van der Waals surface area (Å²) in [5.41, 5.74) is 1.64. The van der Waals surface area contributed by atoms with Crippen LogP contribution in [0, 0.1) is 0 Å². The molecule has 2 heterocycles. The number of methoxy groups -OCH3 is 2. The monoisotopic (exact) mass is 403 g/mol. The van der Waals surface area contributed by atoms with Crippen LogP contribution in [0.4, 0.5) is 0 Å². The van der Waals surface area contributed by atoms with Crippen LogP contribution in [0.25, 0.3) is 5.57 Å². The van der Waals surface area contributed by atoms with E-state index >= 15 is 0 Å². The molecule has 0 spiro atoms. The minimum absolute atomic E-state index is 0.116. The van der Waals surface area contributed by atoms with Crippen molar-refractivity contribution in [3.8, 4) is 5.75 Å². The second-order valence-corrected chi connectivity index (χ2v) is 7.11. The maximum absolute atomic E-state index is 13.2. The van der Waals surface area contributed by atoms with Crippen LogP contribution in [-0.4, -0.2) is 98.3 Å². The second-order valence-electron chi connectivity index (χ2n) is 7.11. The topological polar surface area (TPSA) is 82.6 Å². The summed E-state index contributed by atoms with van der Waals surface area (Å²) in [6.07, 6.45) is 0.599. The van der Waals surface area contributed by atoms with E-state index < -0.39 is 0 Å². The third-order valence-corrected chi connectivity index (χ3v) is 5.36. The summed E-state index contributed by atoms with van der Waals surface area (Å²) in [7, 11) is 3.19. The quantitative estimate of drug-likeness (QED) is 0.473. The van der Waals surface area contributed by atoms with Crippen molar-refractivity contribution in [2.24, 2.45) is 0 Å². The van der Waals surface area contributed by atoms with Crippen molar-refractivity contribution in [3.63, 3.8) is 0 Å². The lowest BCUT2D eigenvalue weighted by Gasteiger charge is -2.36. The summed E-state index contributed by atoms with van der Waals surface area (Å²) < 4.78 is 10.3. The Morgan fingerprint density at radius 2 is 1.66 bits per heavy atom. The second kappa shape index (κ2) is 9.87. The molecule has 0 saturated carbocycles. The van der Waals surface area contributed by atoms with E-state index in [0.717, 1.165) is 13.1 Å². The molecule has 0 aromatic heterocycles. The van der Waals surface area contributed by atoms with Gasteiger partial charge in [0.25, 0.3) is 11.8 Å². The van der Waals surface area contributed by atoms with Gasteiger partial charge in [-0.25, -0.2) is 0 Å². The molecule has 2 aliphatic heterocycles. The minimum atomic E-state index is -0.260. The van der Waals surface area contributed by atoms with Gasteiger partial charge in [0.05, 0.1) is 19.3 Å². The Balaban J connectivity index is 1.89. The fourth-order valence-electron chi connectivity index (χ4n) is 3.78. The zero-order valence-electron chi connectivity index (χ0n) is 17.1. The molecule has 29 heavy (non-hydrogen) atoms.